The van der Waals surface area contributed by atoms with E-state index in [1.807, 2.05) is 28.8 Å². The molecule has 3 rings (SSSR count). The number of fused-ring (bicyclic) bond motifs is 1. The number of nitrogens with zero attached hydrogens (tertiary/aromatic N) is 1. The Kier molecular flexibility index (Phi) is 3.98. The van der Waals surface area contributed by atoms with Gasteiger partial charge in [0.05, 0.1) is 10.9 Å². The van der Waals surface area contributed by atoms with E-state index in [-0.39, 0.29) is 11.6 Å². The summed E-state index contributed by atoms with van der Waals surface area (Å²) in [6.45, 7) is 4.50. The molecule has 0 saturated heterocycles. The number of aromatic amines is 1. The second-order valence-electron chi connectivity index (χ2n) is 6.41. The highest BCUT2D eigenvalue weighted by molar-refractivity contribution is 7.71. The lowest BCUT2D eigenvalue weighted by Crippen LogP contribution is -2.35. The van der Waals surface area contributed by atoms with Gasteiger partial charge in [-0.15, -0.1) is 0 Å². The Morgan fingerprint density at radius 3 is 2.71 bits per heavy atom. The van der Waals surface area contributed by atoms with Crippen LogP contribution in [0, 0.1) is 16.6 Å². The van der Waals surface area contributed by atoms with E-state index in [1.54, 1.807) is 0 Å². The number of rotatable bonds is 2. The van der Waals surface area contributed by atoms with Gasteiger partial charge in [-0.05, 0) is 49.0 Å². The van der Waals surface area contributed by atoms with Crippen LogP contribution < -0.4 is 5.56 Å². The van der Waals surface area contributed by atoms with E-state index in [1.165, 1.54) is 19.3 Å². The molecule has 2 aromatic rings. The summed E-state index contributed by atoms with van der Waals surface area (Å²) in [6, 6.07) is 7.87. The van der Waals surface area contributed by atoms with Crippen molar-refractivity contribution in [3.05, 3.63) is 39.4 Å². The van der Waals surface area contributed by atoms with Crippen molar-refractivity contribution in [1.82, 2.24) is 9.55 Å². The maximum atomic E-state index is 12.9. The zero-order valence-corrected chi connectivity index (χ0v) is 13.5. The molecule has 1 heterocycles. The molecule has 0 aliphatic heterocycles. The number of benzene rings is 1. The minimum absolute atomic E-state index is 0.0619. The van der Waals surface area contributed by atoms with Crippen molar-refractivity contribution in [2.75, 3.05) is 0 Å². The summed E-state index contributed by atoms with van der Waals surface area (Å²) in [5.74, 6) is 1.11. The van der Waals surface area contributed by atoms with Crippen LogP contribution in [0.3, 0.4) is 0 Å². The minimum atomic E-state index is 0.0619. The van der Waals surface area contributed by atoms with Crippen LogP contribution in [0.5, 0.6) is 0 Å². The molecule has 3 nitrogen and oxygen atoms in total. The predicted molar refractivity (Wildman–Crippen MR) is 89.2 cm³/mol. The van der Waals surface area contributed by atoms with Crippen LogP contribution in [0.4, 0.5) is 0 Å². The van der Waals surface area contributed by atoms with Crippen LogP contribution in [0.25, 0.3) is 10.9 Å². The highest BCUT2D eigenvalue weighted by atomic mass is 32.1. The molecular formula is C17H22N2OS. The van der Waals surface area contributed by atoms with Gasteiger partial charge in [-0.1, -0.05) is 38.8 Å². The van der Waals surface area contributed by atoms with Gasteiger partial charge in [-0.25, -0.2) is 0 Å². The molecule has 1 aromatic heterocycles. The van der Waals surface area contributed by atoms with E-state index in [4.69, 9.17) is 12.2 Å². The van der Waals surface area contributed by atoms with Crippen molar-refractivity contribution >= 4 is 23.1 Å². The van der Waals surface area contributed by atoms with Gasteiger partial charge in [-0.2, -0.15) is 0 Å². The average molecular weight is 302 g/mol. The van der Waals surface area contributed by atoms with Crippen molar-refractivity contribution in [2.24, 2.45) is 11.8 Å². The van der Waals surface area contributed by atoms with Crippen LogP contribution in [-0.4, -0.2) is 9.55 Å². The Morgan fingerprint density at radius 1 is 1.24 bits per heavy atom. The first-order valence-corrected chi connectivity index (χ1v) is 8.24. The van der Waals surface area contributed by atoms with Gasteiger partial charge in [-0.3, -0.25) is 9.36 Å². The maximum Gasteiger partial charge on any atom is 0.262 e. The normalized spacial score (nSPS) is 22.8. The fourth-order valence-corrected chi connectivity index (χ4v) is 4.04. The third-order valence-electron chi connectivity index (χ3n) is 4.81. The number of H-pyrrole nitrogens is 1. The second-order valence-corrected chi connectivity index (χ2v) is 6.80. The maximum absolute atomic E-state index is 12.9. The molecule has 1 aliphatic rings. The van der Waals surface area contributed by atoms with Crippen LogP contribution in [0.2, 0.25) is 0 Å². The smallest absolute Gasteiger partial charge is 0.262 e. The summed E-state index contributed by atoms with van der Waals surface area (Å²) in [4.78, 5) is 16.1. The summed E-state index contributed by atoms with van der Waals surface area (Å²) in [6.07, 6.45) is 4.69. The van der Waals surface area contributed by atoms with Crippen LogP contribution in [0.1, 0.15) is 45.6 Å². The molecule has 1 aliphatic carbocycles. The largest absolute Gasteiger partial charge is 0.332 e. The molecule has 0 spiro atoms. The molecule has 1 fully saturated rings. The van der Waals surface area contributed by atoms with E-state index in [2.05, 4.69) is 18.8 Å². The van der Waals surface area contributed by atoms with Gasteiger partial charge in [0, 0.05) is 6.04 Å². The van der Waals surface area contributed by atoms with Gasteiger partial charge < -0.3 is 4.98 Å². The Balaban J connectivity index is 2.19. The van der Waals surface area contributed by atoms with E-state index in [0.29, 0.717) is 16.6 Å². The molecule has 112 valence electrons. The SMILES string of the molecule is CC(C)C1CCCCC1n1c(=S)[nH]c2ccccc2c1=O. The quantitative estimate of drug-likeness (QED) is 0.832. The number of aromatic nitrogens is 2. The standard InChI is InChI=1S/C17H22N2OS/c1-11(2)12-7-4-6-10-15(12)19-16(20)13-8-3-5-9-14(13)18-17(19)21/h3,5,8-9,11-12,15H,4,6-7,10H2,1-2H3,(H,18,21). The zero-order valence-electron chi connectivity index (χ0n) is 12.6. The molecule has 0 bridgehead atoms. The van der Waals surface area contributed by atoms with Gasteiger partial charge in [0.15, 0.2) is 4.77 Å². The first-order chi connectivity index (χ1) is 10.1. The van der Waals surface area contributed by atoms with Crippen molar-refractivity contribution < 1.29 is 0 Å². The second kappa shape index (κ2) is 5.76. The molecule has 0 radical (unpaired) electrons. The number of hydrogen-bond donors (Lipinski definition) is 1. The molecule has 1 N–H and O–H groups in total. The summed E-state index contributed by atoms with van der Waals surface area (Å²) >= 11 is 5.49. The van der Waals surface area contributed by atoms with Gasteiger partial charge >= 0.3 is 0 Å². The summed E-state index contributed by atoms with van der Waals surface area (Å²) in [7, 11) is 0. The lowest BCUT2D eigenvalue weighted by molar-refractivity contribution is 0.179. The lowest BCUT2D eigenvalue weighted by Gasteiger charge is -2.35. The Labute approximate surface area is 130 Å². The van der Waals surface area contributed by atoms with Crippen molar-refractivity contribution in [2.45, 2.75) is 45.6 Å². The van der Waals surface area contributed by atoms with Crippen LogP contribution in [0.15, 0.2) is 29.1 Å². The van der Waals surface area contributed by atoms with Crippen molar-refractivity contribution in [1.29, 1.82) is 0 Å². The first kappa shape index (κ1) is 14.5. The number of nitrogens with one attached hydrogen (secondary N) is 1. The lowest BCUT2D eigenvalue weighted by atomic mass is 9.77. The summed E-state index contributed by atoms with van der Waals surface area (Å²) < 4.78 is 2.41. The van der Waals surface area contributed by atoms with Crippen molar-refractivity contribution in [3.63, 3.8) is 0 Å². The highest BCUT2D eigenvalue weighted by Crippen LogP contribution is 2.37. The zero-order chi connectivity index (χ0) is 15.0. The fourth-order valence-electron chi connectivity index (χ4n) is 3.72. The fraction of sp³-hybridized carbons (Fsp3) is 0.529. The molecule has 2 unspecified atom stereocenters. The molecule has 0 amide bonds. The van der Waals surface area contributed by atoms with E-state index >= 15 is 0 Å². The summed E-state index contributed by atoms with van der Waals surface area (Å²) in [5.41, 5.74) is 0.896. The monoisotopic (exact) mass is 302 g/mol. The van der Waals surface area contributed by atoms with Crippen LogP contribution in [-0.2, 0) is 0 Å². The Hall–Kier alpha value is -1.42. The van der Waals surface area contributed by atoms with Gasteiger partial charge in [0.2, 0.25) is 0 Å². The molecule has 1 saturated carbocycles. The first-order valence-electron chi connectivity index (χ1n) is 7.83. The Bertz CT molecular complexity index is 759. The highest BCUT2D eigenvalue weighted by Gasteiger charge is 2.30. The van der Waals surface area contributed by atoms with E-state index in [9.17, 15) is 4.79 Å². The topological polar surface area (TPSA) is 37.8 Å². The average Bonchev–Trinajstić information content (AvgIpc) is 2.47. The van der Waals surface area contributed by atoms with E-state index < -0.39 is 0 Å². The molecule has 4 heteroatoms. The number of hydrogen-bond acceptors (Lipinski definition) is 2. The van der Waals surface area contributed by atoms with Crippen molar-refractivity contribution in [3.8, 4) is 0 Å². The van der Waals surface area contributed by atoms with Gasteiger partial charge in [0.1, 0.15) is 0 Å². The van der Waals surface area contributed by atoms with Crippen LogP contribution >= 0.6 is 12.2 Å². The van der Waals surface area contributed by atoms with Gasteiger partial charge in [0.25, 0.3) is 5.56 Å². The summed E-state index contributed by atoms with van der Waals surface area (Å²) in [5, 5.41) is 0.735. The molecule has 21 heavy (non-hydrogen) atoms. The third-order valence-corrected chi connectivity index (χ3v) is 5.10. The van der Waals surface area contributed by atoms with E-state index in [0.717, 1.165) is 17.3 Å². The Morgan fingerprint density at radius 2 is 1.95 bits per heavy atom. The predicted octanol–water partition coefficient (Wildman–Crippen LogP) is 4.45. The molecule has 1 aromatic carbocycles. The minimum Gasteiger partial charge on any atom is -0.332 e. The number of para-hydroxylation sites is 1. The molecular weight excluding hydrogens is 280 g/mol. The molecule has 2 atom stereocenters. The third kappa shape index (κ3) is 2.57.